The second-order valence-electron chi connectivity index (χ2n) is 5.07. The van der Waals surface area contributed by atoms with Gasteiger partial charge in [0.15, 0.2) is 0 Å². The van der Waals surface area contributed by atoms with E-state index in [0.717, 1.165) is 19.3 Å². The molecule has 0 heterocycles. The van der Waals surface area contributed by atoms with E-state index in [0.29, 0.717) is 11.0 Å². The molecule has 2 rings (SSSR count). The van der Waals surface area contributed by atoms with Crippen LogP contribution in [-0.2, 0) is 4.79 Å². The number of halogens is 1. The van der Waals surface area contributed by atoms with Crippen LogP contribution in [0.15, 0.2) is 11.6 Å². The van der Waals surface area contributed by atoms with Crippen LogP contribution in [0.5, 0.6) is 0 Å². The van der Waals surface area contributed by atoms with E-state index in [9.17, 15) is 14.7 Å². The first kappa shape index (κ1) is 13.2. The second-order valence-corrected chi connectivity index (χ2v) is 5.60. The van der Waals surface area contributed by atoms with Crippen molar-refractivity contribution >= 4 is 23.6 Å². The molecule has 2 bridgehead atoms. The Morgan fingerprint density at radius 1 is 1.33 bits per heavy atom. The number of nitrogens with one attached hydrogen (secondary N) is 2. The van der Waals surface area contributed by atoms with E-state index in [1.807, 2.05) is 0 Å². The predicted octanol–water partition coefficient (Wildman–Crippen LogP) is 1.54. The molecular formula is C12H17ClN2O3. The summed E-state index contributed by atoms with van der Waals surface area (Å²) in [5, 5.41) is 14.9. The third-order valence-corrected chi connectivity index (χ3v) is 4.07. The average molecular weight is 273 g/mol. The van der Waals surface area contributed by atoms with Gasteiger partial charge in [-0.15, -0.1) is 0 Å². The fraction of sp³-hybridized carbons (Fsp3) is 0.667. The predicted molar refractivity (Wildman–Crippen MR) is 67.3 cm³/mol. The van der Waals surface area contributed by atoms with Crippen LogP contribution >= 0.6 is 11.6 Å². The van der Waals surface area contributed by atoms with Crippen molar-refractivity contribution in [1.29, 1.82) is 0 Å². The van der Waals surface area contributed by atoms with Gasteiger partial charge in [0.2, 0.25) is 0 Å². The first-order valence-electron chi connectivity index (χ1n) is 6.09. The quantitative estimate of drug-likeness (QED) is 0.726. The van der Waals surface area contributed by atoms with Gasteiger partial charge in [0.05, 0.1) is 12.5 Å². The lowest BCUT2D eigenvalue weighted by atomic mass is 9.84. The summed E-state index contributed by atoms with van der Waals surface area (Å²) in [5.74, 6) is -0.759. The van der Waals surface area contributed by atoms with Crippen molar-refractivity contribution in [2.75, 3.05) is 6.54 Å². The Balaban J connectivity index is 1.93. The molecule has 0 aromatic rings. The number of fused-ring (bicyclic) bond motifs is 2. The normalized spacial score (nSPS) is 33.2. The number of hydrogen-bond acceptors (Lipinski definition) is 2. The highest BCUT2D eigenvalue weighted by Gasteiger charge is 2.51. The van der Waals surface area contributed by atoms with Gasteiger partial charge in [0.1, 0.15) is 0 Å². The summed E-state index contributed by atoms with van der Waals surface area (Å²) in [6, 6.07) is -0.634. The maximum atomic E-state index is 11.6. The summed E-state index contributed by atoms with van der Waals surface area (Å²) in [6.45, 7) is 3.66. The van der Waals surface area contributed by atoms with E-state index in [1.54, 1.807) is 0 Å². The molecule has 2 saturated carbocycles. The van der Waals surface area contributed by atoms with Gasteiger partial charge >= 0.3 is 12.0 Å². The van der Waals surface area contributed by atoms with Gasteiger partial charge < -0.3 is 15.7 Å². The van der Waals surface area contributed by atoms with Crippen molar-refractivity contribution in [2.24, 2.45) is 17.8 Å². The minimum absolute atomic E-state index is 0.186. The van der Waals surface area contributed by atoms with Gasteiger partial charge in [-0.25, -0.2) is 4.79 Å². The molecule has 0 spiro atoms. The average Bonchev–Trinajstić information content (AvgIpc) is 2.86. The van der Waals surface area contributed by atoms with Crippen LogP contribution in [0.1, 0.15) is 19.3 Å². The number of amides is 2. The van der Waals surface area contributed by atoms with E-state index < -0.39 is 11.9 Å². The number of carboxylic acid groups (broad SMARTS) is 1. The minimum atomic E-state index is -0.811. The number of carbonyl (C=O) groups excluding carboxylic acids is 1. The second kappa shape index (κ2) is 5.18. The molecule has 2 amide bonds. The molecule has 0 saturated heterocycles. The van der Waals surface area contributed by atoms with E-state index >= 15 is 0 Å². The highest BCUT2D eigenvalue weighted by atomic mass is 35.5. The molecule has 0 aliphatic heterocycles. The lowest BCUT2D eigenvalue weighted by molar-refractivity contribution is -0.144. The fourth-order valence-corrected chi connectivity index (χ4v) is 3.30. The molecule has 2 aliphatic carbocycles. The van der Waals surface area contributed by atoms with Gasteiger partial charge in [0.25, 0.3) is 0 Å². The van der Waals surface area contributed by atoms with Gasteiger partial charge in [0, 0.05) is 11.1 Å². The van der Waals surface area contributed by atoms with Gasteiger partial charge in [-0.2, -0.15) is 0 Å². The SMILES string of the molecule is C=C(Cl)CNC(=O)NC1C2CCC(C2)C1C(=O)O. The molecule has 2 aliphatic rings. The molecular weight excluding hydrogens is 256 g/mol. The summed E-state index contributed by atoms with van der Waals surface area (Å²) in [6.07, 6.45) is 2.87. The molecule has 0 aromatic heterocycles. The number of urea groups is 1. The molecule has 3 N–H and O–H groups in total. The molecule has 6 heteroatoms. The van der Waals surface area contributed by atoms with Crippen LogP contribution in [0.4, 0.5) is 4.79 Å². The summed E-state index contributed by atoms with van der Waals surface area (Å²) in [7, 11) is 0. The van der Waals surface area contributed by atoms with Crippen molar-refractivity contribution in [2.45, 2.75) is 25.3 Å². The third kappa shape index (κ3) is 2.61. The molecule has 2 fully saturated rings. The zero-order valence-electron chi connectivity index (χ0n) is 9.99. The molecule has 5 nitrogen and oxygen atoms in total. The van der Waals surface area contributed by atoms with Crippen LogP contribution < -0.4 is 10.6 Å². The summed E-state index contributed by atoms with van der Waals surface area (Å²) in [4.78, 5) is 22.9. The maximum absolute atomic E-state index is 11.6. The van der Waals surface area contributed by atoms with E-state index in [1.165, 1.54) is 0 Å². The minimum Gasteiger partial charge on any atom is -0.481 e. The maximum Gasteiger partial charge on any atom is 0.315 e. The topological polar surface area (TPSA) is 78.4 Å². The van der Waals surface area contributed by atoms with E-state index in [4.69, 9.17) is 11.6 Å². The monoisotopic (exact) mass is 272 g/mol. The van der Waals surface area contributed by atoms with Crippen molar-refractivity contribution < 1.29 is 14.7 Å². The molecule has 0 radical (unpaired) electrons. The number of carbonyl (C=O) groups is 2. The van der Waals surface area contributed by atoms with Crippen molar-refractivity contribution in [3.8, 4) is 0 Å². The largest absolute Gasteiger partial charge is 0.481 e. The fourth-order valence-electron chi connectivity index (χ4n) is 3.23. The van der Waals surface area contributed by atoms with Crippen molar-refractivity contribution in [3.63, 3.8) is 0 Å². The van der Waals surface area contributed by atoms with Crippen LogP contribution in [0.25, 0.3) is 0 Å². The van der Waals surface area contributed by atoms with Gasteiger partial charge in [-0.3, -0.25) is 4.79 Å². The van der Waals surface area contributed by atoms with Crippen molar-refractivity contribution in [1.82, 2.24) is 10.6 Å². The highest BCUT2D eigenvalue weighted by molar-refractivity contribution is 6.29. The standard InChI is InChI=1S/C12H17ClN2O3/c1-6(13)5-14-12(18)15-10-8-3-2-7(4-8)9(10)11(16)17/h7-10H,1-5H2,(H,16,17)(H2,14,15,18). The zero-order valence-corrected chi connectivity index (χ0v) is 10.7. The molecule has 4 atom stereocenters. The van der Waals surface area contributed by atoms with Crippen LogP contribution in [0.2, 0.25) is 0 Å². The zero-order chi connectivity index (χ0) is 13.3. The number of rotatable bonds is 4. The number of hydrogen-bond donors (Lipinski definition) is 3. The van der Waals surface area contributed by atoms with Crippen LogP contribution in [0.3, 0.4) is 0 Å². The van der Waals surface area contributed by atoms with E-state index in [2.05, 4.69) is 17.2 Å². The Morgan fingerprint density at radius 2 is 2.00 bits per heavy atom. The Bertz CT molecular complexity index is 386. The van der Waals surface area contributed by atoms with Gasteiger partial charge in [-0.1, -0.05) is 18.2 Å². The third-order valence-electron chi connectivity index (χ3n) is 3.94. The smallest absolute Gasteiger partial charge is 0.315 e. The van der Waals surface area contributed by atoms with Crippen molar-refractivity contribution in [3.05, 3.63) is 11.6 Å². The molecule has 4 unspecified atom stereocenters. The lowest BCUT2D eigenvalue weighted by Crippen LogP contribution is -2.50. The van der Waals surface area contributed by atoms with Crippen LogP contribution in [0, 0.1) is 17.8 Å². The Labute approximate surface area is 111 Å². The summed E-state index contributed by atoms with van der Waals surface area (Å²) < 4.78 is 0. The summed E-state index contributed by atoms with van der Waals surface area (Å²) >= 11 is 5.55. The van der Waals surface area contributed by atoms with Gasteiger partial charge in [-0.05, 0) is 31.1 Å². The molecule has 100 valence electrons. The first-order valence-corrected chi connectivity index (χ1v) is 6.47. The number of aliphatic carboxylic acids is 1. The Kier molecular flexibility index (Phi) is 3.80. The highest BCUT2D eigenvalue weighted by Crippen LogP contribution is 2.48. The molecule has 18 heavy (non-hydrogen) atoms. The Hall–Kier alpha value is -1.23. The lowest BCUT2D eigenvalue weighted by Gasteiger charge is -2.28. The first-order chi connectivity index (χ1) is 8.49. The molecule has 0 aromatic carbocycles. The summed E-state index contributed by atoms with van der Waals surface area (Å²) in [5.41, 5.74) is 0. The van der Waals surface area contributed by atoms with E-state index in [-0.39, 0.29) is 24.5 Å². The number of carboxylic acids is 1. The Morgan fingerprint density at radius 3 is 2.61 bits per heavy atom. The van der Waals surface area contributed by atoms with Crippen LogP contribution in [-0.4, -0.2) is 29.7 Å².